The minimum atomic E-state index is 0.102. The maximum Gasteiger partial charge on any atom is 0.281 e. The van der Waals surface area contributed by atoms with Gasteiger partial charge in [0, 0.05) is 50.1 Å². The highest BCUT2D eigenvalue weighted by Crippen LogP contribution is 2.18. The molecule has 1 aromatic heterocycles. The minimum Gasteiger partial charge on any atom is -0.346 e. The quantitative estimate of drug-likeness (QED) is 0.616. The van der Waals surface area contributed by atoms with E-state index in [1.807, 2.05) is 25.2 Å². The van der Waals surface area contributed by atoms with Gasteiger partial charge in [-0.25, -0.2) is 0 Å². The molecular weight excluding hydrogens is 372 g/mol. The fraction of sp³-hybridized carbons (Fsp3) is 0.476. The largest absolute Gasteiger partial charge is 0.346 e. The van der Waals surface area contributed by atoms with Crippen LogP contribution in [-0.4, -0.2) is 63.6 Å². The fourth-order valence-corrected chi connectivity index (χ4v) is 4.11. The smallest absolute Gasteiger partial charge is 0.281 e. The highest BCUT2D eigenvalue weighted by atomic mass is 32.2. The number of hydrogen-bond donors (Lipinski definition) is 1. The summed E-state index contributed by atoms with van der Waals surface area (Å²) in [5.74, 6) is 0.956. The van der Waals surface area contributed by atoms with Crippen LogP contribution in [0.3, 0.4) is 0 Å². The first-order chi connectivity index (χ1) is 13.6. The number of hydrogen-bond acceptors (Lipinski definition) is 4. The molecule has 1 aliphatic heterocycles. The summed E-state index contributed by atoms with van der Waals surface area (Å²) in [5.41, 5.74) is 3.26. The molecule has 0 bridgehead atoms. The van der Waals surface area contributed by atoms with E-state index >= 15 is 0 Å². The van der Waals surface area contributed by atoms with Crippen molar-refractivity contribution in [1.29, 1.82) is 0 Å². The molecule has 1 aromatic carbocycles. The second-order valence-corrected chi connectivity index (χ2v) is 8.17. The van der Waals surface area contributed by atoms with Crippen molar-refractivity contribution in [1.82, 2.24) is 20.0 Å². The number of aromatic nitrogens is 2. The summed E-state index contributed by atoms with van der Waals surface area (Å²) in [6.07, 6.45) is 4.50. The Morgan fingerprint density at radius 3 is 2.82 bits per heavy atom. The van der Waals surface area contributed by atoms with Gasteiger partial charge in [-0.3, -0.25) is 14.7 Å². The molecule has 1 fully saturated rings. The van der Waals surface area contributed by atoms with Crippen LogP contribution in [0.5, 0.6) is 0 Å². The molecule has 2 aromatic rings. The van der Waals surface area contributed by atoms with Gasteiger partial charge in [-0.05, 0) is 25.3 Å². The number of aryl methyl sites for hydroxylation is 1. The molecule has 7 heteroatoms. The number of amides is 2. The predicted molar refractivity (Wildman–Crippen MR) is 113 cm³/mol. The van der Waals surface area contributed by atoms with E-state index in [0.717, 1.165) is 61.5 Å². The Morgan fingerprint density at radius 1 is 1.25 bits per heavy atom. The van der Waals surface area contributed by atoms with Gasteiger partial charge in [-0.15, -0.1) is 0 Å². The lowest BCUT2D eigenvalue weighted by molar-refractivity contribution is -0.130. The zero-order chi connectivity index (χ0) is 19.8. The molecule has 3 rings (SSSR count). The number of carbonyl (C=O) groups excluding carboxylic acids is 2. The summed E-state index contributed by atoms with van der Waals surface area (Å²) < 4.78 is 0. The zero-order valence-corrected chi connectivity index (χ0v) is 17.2. The second kappa shape index (κ2) is 10.3. The van der Waals surface area contributed by atoms with Crippen LogP contribution in [0, 0.1) is 0 Å². The standard InChI is InChI=1S/C21H28N4O2S/c1-24(20(26)11-13-25-14-15-28-21(25)27)12-7-3-6-10-18-16-19(23-22-18)17-8-4-2-5-9-17/h2,4-5,8-9,16H,3,6-7,10-15H2,1H3,(H,22,23). The van der Waals surface area contributed by atoms with E-state index in [0.29, 0.717) is 13.0 Å². The highest BCUT2D eigenvalue weighted by Gasteiger charge is 2.21. The molecule has 6 nitrogen and oxygen atoms in total. The van der Waals surface area contributed by atoms with E-state index in [9.17, 15) is 9.59 Å². The second-order valence-electron chi connectivity index (χ2n) is 7.12. The lowest BCUT2D eigenvalue weighted by Gasteiger charge is -2.19. The minimum absolute atomic E-state index is 0.102. The van der Waals surface area contributed by atoms with Crippen LogP contribution in [0.2, 0.25) is 0 Å². The summed E-state index contributed by atoms with van der Waals surface area (Å²) in [6.45, 7) is 2.07. The molecule has 2 heterocycles. The molecule has 1 aliphatic rings. The Bertz CT molecular complexity index is 778. The lowest BCUT2D eigenvalue weighted by atomic mass is 10.1. The Hall–Kier alpha value is -2.28. The van der Waals surface area contributed by atoms with Crippen molar-refractivity contribution in [3.63, 3.8) is 0 Å². The first-order valence-corrected chi connectivity index (χ1v) is 10.9. The van der Waals surface area contributed by atoms with Gasteiger partial charge in [0.1, 0.15) is 0 Å². The van der Waals surface area contributed by atoms with Crippen LogP contribution in [0.1, 0.15) is 31.4 Å². The SMILES string of the molecule is CN(CCCCCc1cc(-c2ccccc2)n[nH]1)C(=O)CCN1CCSC1=O. The number of nitrogens with zero attached hydrogens (tertiary/aromatic N) is 3. The molecule has 150 valence electrons. The monoisotopic (exact) mass is 400 g/mol. The number of carbonyl (C=O) groups is 2. The molecule has 2 amide bonds. The van der Waals surface area contributed by atoms with Crippen LogP contribution in [-0.2, 0) is 11.2 Å². The third-order valence-corrected chi connectivity index (χ3v) is 5.90. The summed E-state index contributed by atoms with van der Waals surface area (Å²) >= 11 is 1.34. The molecule has 0 radical (unpaired) electrons. The van der Waals surface area contributed by atoms with Crippen molar-refractivity contribution in [3.05, 3.63) is 42.1 Å². The van der Waals surface area contributed by atoms with Crippen LogP contribution in [0.25, 0.3) is 11.3 Å². The normalized spacial score (nSPS) is 13.9. The molecule has 0 saturated carbocycles. The van der Waals surface area contributed by atoms with Gasteiger partial charge < -0.3 is 9.80 Å². The van der Waals surface area contributed by atoms with Crippen LogP contribution >= 0.6 is 11.8 Å². The van der Waals surface area contributed by atoms with Crippen molar-refractivity contribution < 1.29 is 9.59 Å². The first kappa shape index (κ1) is 20.5. The molecule has 0 atom stereocenters. The summed E-state index contributed by atoms with van der Waals surface area (Å²) in [6, 6.07) is 12.3. The van der Waals surface area contributed by atoms with E-state index in [4.69, 9.17) is 0 Å². The number of benzene rings is 1. The van der Waals surface area contributed by atoms with E-state index < -0.39 is 0 Å². The average molecular weight is 401 g/mol. The Balaban J connectivity index is 1.29. The van der Waals surface area contributed by atoms with Gasteiger partial charge >= 0.3 is 0 Å². The number of rotatable bonds is 10. The highest BCUT2D eigenvalue weighted by molar-refractivity contribution is 8.13. The molecule has 0 unspecified atom stereocenters. The van der Waals surface area contributed by atoms with Crippen LogP contribution in [0.15, 0.2) is 36.4 Å². The zero-order valence-electron chi connectivity index (χ0n) is 16.4. The van der Waals surface area contributed by atoms with Gasteiger partial charge in [-0.1, -0.05) is 48.5 Å². The Kier molecular flexibility index (Phi) is 7.54. The van der Waals surface area contributed by atoms with E-state index in [1.54, 1.807) is 9.80 Å². The summed E-state index contributed by atoms with van der Waals surface area (Å²) in [7, 11) is 1.85. The average Bonchev–Trinajstić information content (AvgIpc) is 3.35. The van der Waals surface area contributed by atoms with Crippen LogP contribution < -0.4 is 0 Å². The maximum atomic E-state index is 12.2. The molecule has 1 N–H and O–H groups in total. The van der Waals surface area contributed by atoms with Gasteiger partial charge in [0.15, 0.2) is 0 Å². The number of nitrogens with one attached hydrogen (secondary N) is 1. The lowest BCUT2D eigenvalue weighted by Crippen LogP contribution is -2.32. The predicted octanol–water partition coefficient (Wildman–Crippen LogP) is 3.81. The van der Waals surface area contributed by atoms with Crippen molar-refractivity contribution in [2.75, 3.05) is 32.4 Å². The van der Waals surface area contributed by atoms with Crippen molar-refractivity contribution >= 4 is 22.9 Å². The number of thioether (sulfide) groups is 1. The number of unbranched alkanes of at least 4 members (excludes halogenated alkanes) is 2. The molecule has 1 saturated heterocycles. The number of H-pyrrole nitrogens is 1. The van der Waals surface area contributed by atoms with Gasteiger partial charge in [0.25, 0.3) is 5.24 Å². The third-order valence-electron chi connectivity index (χ3n) is 5.01. The molecule has 28 heavy (non-hydrogen) atoms. The third kappa shape index (κ3) is 5.86. The van der Waals surface area contributed by atoms with Gasteiger partial charge in [0.05, 0.1) is 5.69 Å². The first-order valence-electron chi connectivity index (χ1n) is 9.89. The number of aromatic amines is 1. The maximum absolute atomic E-state index is 12.2. The van der Waals surface area contributed by atoms with E-state index in [2.05, 4.69) is 28.4 Å². The Morgan fingerprint density at radius 2 is 2.07 bits per heavy atom. The summed E-state index contributed by atoms with van der Waals surface area (Å²) in [5, 5.41) is 7.61. The topological polar surface area (TPSA) is 69.3 Å². The molecule has 0 aliphatic carbocycles. The van der Waals surface area contributed by atoms with Crippen molar-refractivity contribution in [2.45, 2.75) is 32.1 Å². The summed E-state index contributed by atoms with van der Waals surface area (Å²) in [4.78, 5) is 27.3. The van der Waals surface area contributed by atoms with Gasteiger partial charge in [-0.2, -0.15) is 5.10 Å². The van der Waals surface area contributed by atoms with Gasteiger partial charge in [0.2, 0.25) is 5.91 Å². The van der Waals surface area contributed by atoms with Crippen molar-refractivity contribution in [2.24, 2.45) is 0 Å². The fourth-order valence-electron chi connectivity index (χ4n) is 3.26. The molecular formula is C21H28N4O2S. The van der Waals surface area contributed by atoms with Crippen LogP contribution in [0.4, 0.5) is 4.79 Å². The Labute approximate surface area is 170 Å². The van der Waals surface area contributed by atoms with E-state index in [-0.39, 0.29) is 11.1 Å². The van der Waals surface area contributed by atoms with E-state index in [1.165, 1.54) is 11.8 Å². The molecule has 0 spiro atoms. The van der Waals surface area contributed by atoms with Crippen molar-refractivity contribution in [3.8, 4) is 11.3 Å².